The largest absolute Gasteiger partial charge is 0.493 e. The molecule has 0 fully saturated rings. The third kappa shape index (κ3) is 4.29. The van der Waals surface area contributed by atoms with Gasteiger partial charge >= 0.3 is 0 Å². The lowest BCUT2D eigenvalue weighted by atomic mass is 10.0. The molecule has 1 atom stereocenters. The Balaban J connectivity index is 2.04. The maximum absolute atomic E-state index is 6.05. The van der Waals surface area contributed by atoms with Crippen LogP contribution in [0.25, 0.3) is 0 Å². The van der Waals surface area contributed by atoms with Gasteiger partial charge in [0.2, 0.25) is 0 Å². The summed E-state index contributed by atoms with van der Waals surface area (Å²) in [5.41, 5.74) is 5.47. The SMILES string of the molecule is CCNC(C)c1ccc(C)cc1OCCc1scnc1C. The van der Waals surface area contributed by atoms with E-state index >= 15 is 0 Å². The van der Waals surface area contributed by atoms with Crippen LogP contribution in [0.2, 0.25) is 0 Å². The molecule has 1 aromatic heterocycles. The Morgan fingerprint density at radius 2 is 2.14 bits per heavy atom. The fourth-order valence-electron chi connectivity index (χ4n) is 2.36. The van der Waals surface area contributed by atoms with Gasteiger partial charge < -0.3 is 10.1 Å². The third-order valence-corrected chi connectivity index (χ3v) is 4.57. The summed E-state index contributed by atoms with van der Waals surface area (Å²) in [7, 11) is 0. The Morgan fingerprint density at radius 3 is 2.81 bits per heavy atom. The zero-order valence-corrected chi connectivity index (χ0v) is 14.1. The second-order valence-corrected chi connectivity index (χ2v) is 6.22. The smallest absolute Gasteiger partial charge is 0.124 e. The van der Waals surface area contributed by atoms with Crippen molar-refractivity contribution in [3.63, 3.8) is 0 Å². The maximum atomic E-state index is 6.05. The molecule has 1 aromatic carbocycles. The first-order valence-electron chi connectivity index (χ1n) is 7.47. The summed E-state index contributed by atoms with van der Waals surface area (Å²) in [6.07, 6.45) is 0.916. The summed E-state index contributed by atoms with van der Waals surface area (Å²) in [5, 5.41) is 3.45. The molecular formula is C17H24N2OS. The fraction of sp³-hybridized carbons (Fsp3) is 0.471. The van der Waals surface area contributed by atoms with Crippen molar-refractivity contribution in [2.45, 2.75) is 40.2 Å². The number of rotatable bonds is 7. The lowest BCUT2D eigenvalue weighted by Gasteiger charge is -2.18. The van der Waals surface area contributed by atoms with Gasteiger partial charge in [-0.1, -0.05) is 19.1 Å². The van der Waals surface area contributed by atoms with Crippen molar-refractivity contribution in [2.75, 3.05) is 13.2 Å². The number of hydrogen-bond donors (Lipinski definition) is 1. The van der Waals surface area contributed by atoms with Crippen LogP contribution in [0.15, 0.2) is 23.7 Å². The molecule has 0 bridgehead atoms. The summed E-state index contributed by atoms with van der Waals surface area (Å²) in [6.45, 7) is 10.1. The van der Waals surface area contributed by atoms with Crippen molar-refractivity contribution >= 4 is 11.3 Å². The molecule has 1 heterocycles. The minimum absolute atomic E-state index is 0.302. The topological polar surface area (TPSA) is 34.1 Å². The van der Waals surface area contributed by atoms with E-state index in [-0.39, 0.29) is 0 Å². The van der Waals surface area contributed by atoms with Gasteiger partial charge in [0.25, 0.3) is 0 Å². The number of thiazole rings is 1. The molecule has 0 radical (unpaired) electrons. The number of aryl methyl sites for hydroxylation is 2. The van der Waals surface area contributed by atoms with E-state index in [1.807, 2.05) is 5.51 Å². The van der Waals surface area contributed by atoms with Crippen molar-refractivity contribution in [3.8, 4) is 5.75 Å². The van der Waals surface area contributed by atoms with Crippen molar-refractivity contribution < 1.29 is 4.74 Å². The number of ether oxygens (including phenoxy) is 1. The van der Waals surface area contributed by atoms with Gasteiger partial charge in [-0.3, -0.25) is 0 Å². The average Bonchev–Trinajstić information content (AvgIpc) is 2.85. The van der Waals surface area contributed by atoms with E-state index in [0.29, 0.717) is 12.6 Å². The second-order valence-electron chi connectivity index (χ2n) is 5.28. The highest BCUT2D eigenvalue weighted by Gasteiger charge is 2.11. The van der Waals surface area contributed by atoms with Gasteiger partial charge in [0.05, 0.1) is 17.8 Å². The Bertz CT molecular complexity index is 580. The lowest BCUT2D eigenvalue weighted by molar-refractivity contribution is 0.316. The van der Waals surface area contributed by atoms with E-state index in [1.54, 1.807) is 11.3 Å². The van der Waals surface area contributed by atoms with E-state index in [0.717, 1.165) is 24.4 Å². The van der Waals surface area contributed by atoms with Gasteiger partial charge in [0.15, 0.2) is 0 Å². The molecule has 0 aliphatic carbocycles. The highest BCUT2D eigenvalue weighted by atomic mass is 32.1. The summed E-state index contributed by atoms with van der Waals surface area (Å²) in [6, 6.07) is 6.73. The Hall–Kier alpha value is -1.39. The number of aromatic nitrogens is 1. The normalized spacial score (nSPS) is 12.4. The summed E-state index contributed by atoms with van der Waals surface area (Å²) in [5.74, 6) is 0.991. The lowest BCUT2D eigenvalue weighted by Crippen LogP contribution is -2.18. The van der Waals surface area contributed by atoms with Gasteiger partial charge in [0.1, 0.15) is 5.75 Å². The molecule has 1 unspecified atom stereocenters. The van der Waals surface area contributed by atoms with Crippen LogP contribution in [-0.2, 0) is 6.42 Å². The Kier molecular flexibility index (Phi) is 5.76. The molecular weight excluding hydrogens is 280 g/mol. The van der Waals surface area contributed by atoms with Crippen molar-refractivity contribution in [1.82, 2.24) is 10.3 Å². The zero-order valence-electron chi connectivity index (χ0n) is 13.3. The molecule has 0 aliphatic rings. The highest BCUT2D eigenvalue weighted by molar-refractivity contribution is 7.09. The monoisotopic (exact) mass is 304 g/mol. The highest BCUT2D eigenvalue weighted by Crippen LogP contribution is 2.26. The van der Waals surface area contributed by atoms with Crippen LogP contribution < -0.4 is 10.1 Å². The standard InChI is InChI=1S/C17H24N2OS/c1-5-18-13(3)15-7-6-12(2)10-16(15)20-9-8-17-14(4)19-11-21-17/h6-7,10-11,13,18H,5,8-9H2,1-4H3. The van der Waals surface area contributed by atoms with Gasteiger partial charge in [-0.15, -0.1) is 11.3 Å². The molecule has 0 aliphatic heterocycles. The first-order valence-corrected chi connectivity index (χ1v) is 8.35. The van der Waals surface area contributed by atoms with Crippen LogP contribution >= 0.6 is 11.3 Å². The Morgan fingerprint density at radius 1 is 1.33 bits per heavy atom. The van der Waals surface area contributed by atoms with E-state index in [2.05, 4.69) is 56.2 Å². The van der Waals surface area contributed by atoms with E-state index in [9.17, 15) is 0 Å². The molecule has 2 rings (SSSR count). The molecule has 0 saturated heterocycles. The van der Waals surface area contributed by atoms with Gasteiger partial charge in [-0.25, -0.2) is 4.98 Å². The van der Waals surface area contributed by atoms with Crippen LogP contribution in [0, 0.1) is 13.8 Å². The van der Waals surface area contributed by atoms with Crippen molar-refractivity contribution in [2.24, 2.45) is 0 Å². The van der Waals surface area contributed by atoms with Crippen molar-refractivity contribution in [1.29, 1.82) is 0 Å². The molecule has 4 heteroatoms. The number of benzene rings is 1. The summed E-state index contributed by atoms with van der Waals surface area (Å²) in [4.78, 5) is 5.59. The van der Waals surface area contributed by atoms with Gasteiger partial charge in [-0.05, 0) is 38.9 Å². The molecule has 2 aromatic rings. The molecule has 21 heavy (non-hydrogen) atoms. The predicted molar refractivity (Wildman–Crippen MR) is 89.3 cm³/mol. The molecule has 0 saturated carbocycles. The van der Waals surface area contributed by atoms with Crippen LogP contribution in [0.1, 0.15) is 41.6 Å². The van der Waals surface area contributed by atoms with E-state index < -0.39 is 0 Å². The minimum Gasteiger partial charge on any atom is -0.493 e. The van der Waals surface area contributed by atoms with Crippen LogP contribution in [0.3, 0.4) is 0 Å². The predicted octanol–water partition coefficient (Wildman–Crippen LogP) is 4.05. The van der Waals surface area contributed by atoms with Gasteiger partial charge in [0, 0.05) is 22.9 Å². The first kappa shape index (κ1) is 16.0. The van der Waals surface area contributed by atoms with Gasteiger partial charge in [-0.2, -0.15) is 0 Å². The maximum Gasteiger partial charge on any atom is 0.124 e. The van der Waals surface area contributed by atoms with E-state index in [4.69, 9.17) is 4.74 Å². The quantitative estimate of drug-likeness (QED) is 0.838. The fourth-order valence-corrected chi connectivity index (χ4v) is 3.12. The molecule has 1 N–H and O–H groups in total. The van der Waals surface area contributed by atoms with Crippen LogP contribution in [0.5, 0.6) is 5.75 Å². The van der Waals surface area contributed by atoms with Crippen LogP contribution in [0.4, 0.5) is 0 Å². The van der Waals surface area contributed by atoms with E-state index in [1.165, 1.54) is 16.0 Å². The van der Waals surface area contributed by atoms with Crippen LogP contribution in [-0.4, -0.2) is 18.1 Å². The molecule has 114 valence electrons. The average molecular weight is 304 g/mol. The number of nitrogens with zero attached hydrogens (tertiary/aromatic N) is 1. The third-order valence-electron chi connectivity index (χ3n) is 3.58. The second kappa shape index (κ2) is 7.57. The van der Waals surface area contributed by atoms with Crippen molar-refractivity contribution in [3.05, 3.63) is 45.4 Å². The molecule has 0 spiro atoms. The zero-order chi connectivity index (χ0) is 15.2. The summed E-state index contributed by atoms with van der Waals surface area (Å²) < 4.78 is 6.05. The minimum atomic E-state index is 0.302. The number of nitrogens with one attached hydrogen (secondary N) is 1. The Labute approximate surface area is 131 Å². The summed E-state index contributed by atoms with van der Waals surface area (Å²) >= 11 is 1.70. The molecule has 0 amide bonds. The first-order chi connectivity index (χ1) is 10.1. The number of hydrogen-bond acceptors (Lipinski definition) is 4. The molecule has 3 nitrogen and oxygen atoms in total.